The number of likely N-dealkylation sites (tertiary alicyclic amines) is 1. The molecule has 0 aliphatic carbocycles. The Morgan fingerprint density at radius 2 is 1.94 bits per heavy atom. The predicted octanol–water partition coefficient (Wildman–Crippen LogP) is 3.25. The van der Waals surface area contributed by atoms with E-state index in [1.807, 2.05) is 36.4 Å². The standard InChI is InChI=1S/C26H28ClN3O5/c1-16-11-22(35-29-16)14-25(32)30-15-20(31)13-24(30)26(33)28-23(18-5-7-19(27)8-6-18)12-17-3-9-21(34-2)10-4-17/h3-11,20,23-24,31H,12-15H2,1-2H3,(H,28,33). The third-order valence-corrected chi connectivity index (χ3v) is 6.34. The van der Waals surface area contributed by atoms with Crippen LogP contribution in [0.1, 0.15) is 35.0 Å². The van der Waals surface area contributed by atoms with Crippen molar-refractivity contribution in [2.24, 2.45) is 0 Å². The molecule has 1 aromatic heterocycles. The number of ether oxygens (including phenoxy) is 1. The molecule has 3 unspecified atom stereocenters. The summed E-state index contributed by atoms with van der Waals surface area (Å²) < 4.78 is 10.4. The Hall–Kier alpha value is -3.36. The third kappa shape index (κ3) is 6.21. The third-order valence-electron chi connectivity index (χ3n) is 6.09. The largest absolute Gasteiger partial charge is 0.497 e. The van der Waals surface area contributed by atoms with Crippen LogP contribution < -0.4 is 10.1 Å². The van der Waals surface area contributed by atoms with Crippen LogP contribution in [0.3, 0.4) is 0 Å². The molecule has 9 heteroatoms. The van der Waals surface area contributed by atoms with E-state index < -0.39 is 12.1 Å². The maximum atomic E-state index is 13.4. The number of carbonyl (C=O) groups is 2. The molecule has 1 fully saturated rings. The Kier molecular flexibility index (Phi) is 7.73. The van der Waals surface area contributed by atoms with Crippen LogP contribution in [0.2, 0.25) is 5.02 Å². The molecule has 4 rings (SSSR count). The van der Waals surface area contributed by atoms with Crippen LogP contribution in [0.5, 0.6) is 5.75 Å². The number of halogens is 1. The zero-order valence-electron chi connectivity index (χ0n) is 19.6. The number of β-amino-alcohol motifs (C(OH)–C–C–N with tert-alkyl or cyclic N) is 1. The molecule has 2 aromatic carbocycles. The summed E-state index contributed by atoms with van der Waals surface area (Å²) >= 11 is 6.07. The molecule has 3 atom stereocenters. The molecule has 35 heavy (non-hydrogen) atoms. The highest BCUT2D eigenvalue weighted by Gasteiger charge is 2.39. The van der Waals surface area contributed by atoms with Gasteiger partial charge in [-0.2, -0.15) is 0 Å². The summed E-state index contributed by atoms with van der Waals surface area (Å²) in [4.78, 5) is 27.8. The highest BCUT2D eigenvalue weighted by atomic mass is 35.5. The molecule has 184 valence electrons. The van der Waals surface area contributed by atoms with E-state index in [4.69, 9.17) is 20.9 Å². The minimum absolute atomic E-state index is 0.0240. The van der Waals surface area contributed by atoms with E-state index in [1.165, 1.54) is 4.90 Å². The van der Waals surface area contributed by atoms with Gasteiger partial charge in [-0.25, -0.2) is 0 Å². The highest BCUT2D eigenvalue weighted by Crippen LogP contribution is 2.25. The smallest absolute Gasteiger partial charge is 0.243 e. The SMILES string of the molecule is COc1ccc(CC(NC(=O)C2CC(O)CN2C(=O)Cc2cc(C)no2)c2ccc(Cl)cc2)cc1. The molecule has 3 aromatic rings. The summed E-state index contributed by atoms with van der Waals surface area (Å²) in [6, 6.07) is 15.5. The van der Waals surface area contributed by atoms with Gasteiger partial charge in [-0.05, 0) is 48.7 Å². The van der Waals surface area contributed by atoms with Crippen molar-refractivity contribution in [2.75, 3.05) is 13.7 Å². The minimum atomic E-state index is -0.785. The first-order valence-electron chi connectivity index (χ1n) is 11.4. The highest BCUT2D eigenvalue weighted by molar-refractivity contribution is 6.30. The summed E-state index contributed by atoms with van der Waals surface area (Å²) in [5, 5.41) is 17.8. The van der Waals surface area contributed by atoms with Crippen molar-refractivity contribution in [1.82, 2.24) is 15.4 Å². The number of benzene rings is 2. The summed E-state index contributed by atoms with van der Waals surface area (Å²) in [5.74, 6) is 0.552. The summed E-state index contributed by atoms with van der Waals surface area (Å²) in [5.41, 5.74) is 2.56. The molecule has 2 amide bonds. The first kappa shape index (κ1) is 24.8. The summed E-state index contributed by atoms with van der Waals surface area (Å²) in [6.07, 6.45) is -0.105. The van der Waals surface area contributed by atoms with Gasteiger partial charge in [0, 0.05) is 24.1 Å². The van der Waals surface area contributed by atoms with Gasteiger partial charge >= 0.3 is 0 Å². The average Bonchev–Trinajstić information content (AvgIpc) is 3.44. The molecule has 0 bridgehead atoms. The Morgan fingerprint density at radius 1 is 1.23 bits per heavy atom. The fourth-order valence-electron chi connectivity index (χ4n) is 4.30. The Labute approximate surface area is 208 Å². The second-order valence-electron chi connectivity index (χ2n) is 8.73. The second kappa shape index (κ2) is 10.9. The van der Waals surface area contributed by atoms with Gasteiger partial charge in [-0.3, -0.25) is 9.59 Å². The normalized spacial score (nSPS) is 18.3. The van der Waals surface area contributed by atoms with Crippen LogP contribution in [0, 0.1) is 6.92 Å². The number of nitrogens with zero attached hydrogens (tertiary/aromatic N) is 2. The first-order valence-corrected chi connectivity index (χ1v) is 11.8. The van der Waals surface area contributed by atoms with E-state index in [1.54, 1.807) is 32.2 Å². The van der Waals surface area contributed by atoms with E-state index >= 15 is 0 Å². The molecule has 1 aliphatic rings. The lowest BCUT2D eigenvalue weighted by Crippen LogP contribution is -2.47. The zero-order chi connectivity index (χ0) is 24.9. The zero-order valence-corrected chi connectivity index (χ0v) is 20.4. The quantitative estimate of drug-likeness (QED) is 0.495. The van der Waals surface area contributed by atoms with Gasteiger partial charge in [0.15, 0.2) is 0 Å². The van der Waals surface area contributed by atoms with E-state index in [0.29, 0.717) is 22.9 Å². The monoisotopic (exact) mass is 497 g/mol. The van der Waals surface area contributed by atoms with E-state index in [-0.39, 0.29) is 37.2 Å². The minimum Gasteiger partial charge on any atom is -0.497 e. The number of aromatic nitrogens is 1. The molecular weight excluding hydrogens is 470 g/mol. The molecule has 8 nitrogen and oxygen atoms in total. The summed E-state index contributed by atoms with van der Waals surface area (Å²) in [6.45, 7) is 1.86. The Balaban J connectivity index is 1.51. The van der Waals surface area contributed by atoms with E-state index in [0.717, 1.165) is 16.9 Å². The van der Waals surface area contributed by atoms with Crippen molar-refractivity contribution >= 4 is 23.4 Å². The number of aliphatic hydroxyl groups is 1. The van der Waals surface area contributed by atoms with Crippen LogP contribution in [-0.2, 0) is 22.4 Å². The van der Waals surface area contributed by atoms with Crippen molar-refractivity contribution < 1.29 is 24.0 Å². The van der Waals surface area contributed by atoms with Gasteiger partial charge in [0.25, 0.3) is 0 Å². The summed E-state index contributed by atoms with van der Waals surface area (Å²) in [7, 11) is 1.61. The van der Waals surface area contributed by atoms with Crippen molar-refractivity contribution in [1.29, 1.82) is 0 Å². The lowest BCUT2D eigenvalue weighted by Gasteiger charge is -2.27. The molecular formula is C26H28ClN3O5. The fourth-order valence-corrected chi connectivity index (χ4v) is 4.43. The van der Waals surface area contributed by atoms with Gasteiger partial charge in [-0.15, -0.1) is 0 Å². The maximum absolute atomic E-state index is 13.4. The number of rotatable bonds is 8. The lowest BCUT2D eigenvalue weighted by atomic mass is 9.98. The van der Waals surface area contributed by atoms with Crippen molar-refractivity contribution in [2.45, 2.75) is 44.4 Å². The van der Waals surface area contributed by atoms with Gasteiger partial charge in [0.2, 0.25) is 11.8 Å². The molecule has 2 N–H and O–H groups in total. The number of amides is 2. The van der Waals surface area contributed by atoms with Crippen molar-refractivity contribution in [3.05, 3.63) is 82.2 Å². The average molecular weight is 498 g/mol. The molecule has 1 saturated heterocycles. The maximum Gasteiger partial charge on any atom is 0.243 e. The van der Waals surface area contributed by atoms with Crippen LogP contribution in [0.4, 0.5) is 0 Å². The number of carbonyl (C=O) groups excluding carboxylic acids is 2. The topological polar surface area (TPSA) is 105 Å². The number of methoxy groups -OCH3 is 1. The molecule has 1 aliphatic heterocycles. The Morgan fingerprint density at radius 3 is 2.57 bits per heavy atom. The number of hydrogen-bond donors (Lipinski definition) is 2. The second-order valence-corrected chi connectivity index (χ2v) is 9.16. The van der Waals surface area contributed by atoms with Crippen molar-refractivity contribution in [3.63, 3.8) is 0 Å². The molecule has 0 radical (unpaired) electrons. The molecule has 0 saturated carbocycles. The van der Waals surface area contributed by atoms with E-state index in [2.05, 4.69) is 10.5 Å². The van der Waals surface area contributed by atoms with Gasteiger partial charge in [0.05, 0.1) is 31.4 Å². The van der Waals surface area contributed by atoms with Crippen LogP contribution >= 0.6 is 11.6 Å². The van der Waals surface area contributed by atoms with Crippen LogP contribution in [-0.4, -0.2) is 52.8 Å². The predicted molar refractivity (Wildman–Crippen MR) is 130 cm³/mol. The van der Waals surface area contributed by atoms with E-state index in [9.17, 15) is 14.7 Å². The van der Waals surface area contributed by atoms with Crippen molar-refractivity contribution in [3.8, 4) is 5.75 Å². The van der Waals surface area contributed by atoms with Gasteiger partial charge < -0.3 is 24.6 Å². The number of nitrogens with one attached hydrogen (secondary N) is 1. The number of aliphatic hydroxyl groups excluding tert-OH is 1. The molecule has 2 heterocycles. The van der Waals surface area contributed by atoms with Crippen LogP contribution in [0.15, 0.2) is 59.1 Å². The van der Waals surface area contributed by atoms with Gasteiger partial charge in [-0.1, -0.05) is 41.0 Å². The number of aryl methyl sites for hydroxylation is 1. The first-order chi connectivity index (χ1) is 16.8. The number of hydrogen-bond acceptors (Lipinski definition) is 6. The van der Waals surface area contributed by atoms with Crippen LogP contribution in [0.25, 0.3) is 0 Å². The molecule has 0 spiro atoms. The lowest BCUT2D eigenvalue weighted by molar-refractivity contribution is -0.138. The fraction of sp³-hybridized carbons (Fsp3) is 0.346. The Bertz CT molecular complexity index is 1160. The van der Waals surface area contributed by atoms with Gasteiger partial charge in [0.1, 0.15) is 17.6 Å².